The minimum atomic E-state index is -2.86. The molecule has 1 N–H and O–H groups in total. The van der Waals surface area contributed by atoms with Gasteiger partial charge in [0.05, 0.1) is 30.3 Å². The van der Waals surface area contributed by atoms with Gasteiger partial charge in [0.15, 0.2) is 9.84 Å². The zero-order valence-corrected chi connectivity index (χ0v) is 15.2. The van der Waals surface area contributed by atoms with Crippen LogP contribution in [0.1, 0.15) is 44.9 Å². The predicted octanol–water partition coefficient (Wildman–Crippen LogP) is 0.961. The SMILES string of the molecule is O=C(CN1CCC(OC2CCCC2)CC1)NCC1CCS(=O)(=O)C1. The van der Waals surface area contributed by atoms with Crippen LogP contribution in [0, 0.1) is 5.92 Å². The van der Waals surface area contributed by atoms with E-state index in [4.69, 9.17) is 4.74 Å². The van der Waals surface area contributed by atoms with Gasteiger partial charge >= 0.3 is 0 Å². The van der Waals surface area contributed by atoms with Gasteiger partial charge in [-0.05, 0) is 38.0 Å². The summed E-state index contributed by atoms with van der Waals surface area (Å²) in [5, 5.41) is 2.90. The van der Waals surface area contributed by atoms with Crippen molar-refractivity contribution in [2.75, 3.05) is 37.7 Å². The van der Waals surface area contributed by atoms with Gasteiger partial charge < -0.3 is 10.1 Å². The van der Waals surface area contributed by atoms with E-state index in [0.29, 0.717) is 31.7 Å². The molecule has 3 fully saturated rings. The highest BCUT2D eigenvalue weighted by atomic mass is 32.2. The van der Waals surface area contributed by atoms with Crippen LogP contribution in [0.2, 0.25) is 0 Å². The monoisotopic (exact) mass is 358 g/mol. The number of hydrogen-bond acceptors (Lipinski definition) is 5. The van der Waals surface area contributed by atoms with Gasteiger partial charge in [-0.25, -0.2) is 8.42 Å². The lowest BCUT2D eigenvalue weighted by Crippen LogP contribution is -2.44. The quantitative estimate of drug-likeness (QED) is 0.765. The fourth-order valence-electron chi connectivity index (χ4n) is 4.05. The van der Waals surface area contributed by atoms with Crippen molar-refractivity contribution in [3.63, 3.8) is 0 Å². The van der Waals surface area contributed by atoms with Gasteiger partial charge in [-0.2, -0.15) is 0 Å². The van der Waals surface area contributed by atoms with E-state index in [9.17, 15) is 13.2 Å². The van der Waals surface area contributed by atoms with E-state index in [-0.39, 0.29) is 23.3 Å². The number of rotatable bonds is 6. The van der Waals surface area contributed by atoms with Gasteiger partial charge in [0.25, 0.3) is 0 Å². The molecule has 7 heteroatoms. The van der Waals surface area contributed by atoms with Gasteiger partial charge in [-0.3, -0.25) is 9.69 Å². The highest BCUT2D eigenvalue weighted by Crippen LogP contribution is 2.25. The molecule has 0 radical (unpaired) electrons. The first-order valence-corrected chi connectivity index (χ1v) is 11.2. The number of carbonyl (C=O) groups is 1. The van der Waals surface area contributed by atoms with Crippen LogP contribution in [-0.2, 0) is 19.4 Å². The van der Waals surface area contributed by atoms with Crippen molar-refractivity contribution in [3.8, 4) is 0 Å². The van der Waals surface area contributed by atoms with E-state index in [1.54, 1.807) is 0 Å². The molecule has 0 spiro atoms. The Hall–Kier alpha value is -0.660. The molecule has 1 saturated carbocycles. The van der Waals surface area contributed by atoms with E-state index >= 15 is 0 Å². The number of hydrogen-bond donors (Lipinski definition) is 1. The smallest absolute Gasteiger partial charge is 0.234 e. The van der Waals surface area contributed by atoms with E-state index in [1.165, 1.54) is 25.7 Å². The van der Waals surface area contributed by atoms with Crippen LogP contribution >= 0.6 is 0 Å². The van der Waals surface area contributed by atoms with Crippen molar-refractivity contribution in [1.82, 2.24) is 10.2 Å². The number of nitrogens with one attached hydrogen (secondary N) is 1. The summed E-state index contributed by atoms with van der Waals surface area (Å²) in [7, 11) is -2.86. The van der Waals surface area contributed by atoms with Crippen molar-refractivity contribution in [3.05, 3.63) is 0 Å². The van der Waals surface area contributed by atoms with Crippen LogP contribution in [0.4, 0.5) is 0 Å². The van der Waals surface area contributed by atoms with Gasteiger partial charge in [0.1, 0.15) is 0 Å². The first kappa shape index (κ1) is 18.1. The summed E-state index contributed by atoms with van der Waals surface area (Å²) < 4.78 is 29.0. The molecule has 138 valence electrons. The molecule has 24 heavy (non-hydrogen) atoms. The maximum absolute atomic E-state index is 12.1. The van der Waals surface area contributed by atoms with Crippen LogP contribution in [-0.4, -0.2) is 69.1 Å². The lowest BCUT2D eigenvalue weighted by atomic mass is 10.1. The first-order chi connectivity index (χ1) is 11.5. The molecule has 1 aliphatic carbocycles. The molecule has 1 atom stereocenters. The van der Waals surface area contributed by atoms with Gasteiger partial charge in [-0.15, -0.1) is 0 Å². The Balaban J connectivity index is 1.30. The third-order valence-electron chi connectivity index (χ3n) is 5.50. The summed E-state index contributed by atoms with van der Waals surface area (Å²) in [5.41, 5.74) is 0. The summed E-state index contributed by atoms with van der Waals surface area (Å²) in [5.74, 6) is 0.582. The first-order valence-electron chi connectivity index (χ1n) is 9.35. The Morgan fingerprint density at radius 3 is 2.33 bits per heavy atom. The minimum absolute atomic E-state index is 0.00876. The van der Waals surface area contributed by atoms with Crippen LogP contribution in [0.5, 0.6) is 0 Å². The van der Waals surface area contributed by atoms with Crippen molar-refractivity contribution in [1.29, 1.82) is 0 Å². The van der Waals surface area contributed by atoms with Crippen molar-refractivity contribution in [2.45, 2.75) is 57.2 Å². The van der Waals surface area contributed by atoms with Crippen molar-refractivity contribution >= 4 is 15.7 Å². The number of sulfone groups is 1. The van der Waals surface area contributed by atoms with Gasteiger partial charge in [0, 0.05) is 19.6 Å². The topological polar surface area (TPSA) is 75.7 Å². The molecule has 3 rings (SSSR count). The van der Waals surface area contributed by atoms with Gasteiger partial charge in [-0.1, -0.05) is 12.8 Å². The molecule has 0 aromatic heterocycles. The molecule has 3 aliphatic rings. The Kier molecular flexibility index (Phi) is 6.16. The van der Waals surface area contributed by atoms with E-state index in [2.05, 4.69) is 10.2 Å². The second-order valence-electron chi connectivity index (χ2n) is 7.59. The molecule has 6 nitrogen and oxygen atoms in total. The molecular formula is C17H30N2O4S. The summed E-state index contributed by atoms with van der Waals surface area (Å²) in [6.45, 7) is 2.71. The highest BCUT2D eigenvalue weighted by Gasteiger charge is 2.29. The van der Waals surface area contributed by atoms with Crippen molar-refractivity contribution < 1.29 is 17.9 Å². The van der Waals surface area contributed by atoms with Crippen LogP contribution in [0.25, 0.3) is 0 Å². The van der Waals surface area contributed by atoms with Crippen LogP contribution in [0.3, 0.4) is 0 Å². The Morgan fingerprint density at radius 2 is 1.71 bits per heavy atom. The molecule has 2 aliphatic heterocycles. The minimum Gasteiger partial charge on any atom is -0.375 e. The van der Waals surface area contributed by atoms with E-state index in [0.717, 1.165) is 25.9 Å². The van der Waals surface area contributed by atoms with E-state index < -0.39 is 9.84 Å². The van der Waals surface area contributed by atoms with Crippen LogP contribution in [0.15, 0.2) is 0 Å². The lowest BCUT2D eigenvalue weighted by molar-refractivity contribution is -0.123. The van der Waals surface area contributed by atoms with E-state index in [1.807, 2.05) is 0 Å². The molecule has 2 saturated heterocycles. The maximum atomic E-state index is 12.1. The summed E-state index contributed by atoms with van der Waals surface area (Å²) >= 11 is 0. The zero-order chi connectivity index (χ0) is 17.0. The summed E-state index contributed by atoms with van der Waals surface area (Å²) in [6.07, 6.45) is 8.52. The largest absolute Gasteiger partial charge is 0.375 e. The second kappa shape index (κ2) is 8.15. The standard InChI is InChI=1S/C17H30N2O4S/c20-17(18-11-14-7-10-24(21,22)13-14)12-19-8-5-16(6-9-19)23-15-3-1-2-4-15/h14-16H,1-13H2,(H,18,20). The summed E-state index contributed by atoms with van der Waals surface area (Å²) in [6, 6.07) is 0. The average molecular weight is 359 g/mol. The number of carbonyl (C=O) groups excluding carboxylic acids is 1. The Bertz CT molecular complexity index is 523. The fraction of sp³-hybridized carbons (Fsp3) is 0.941. The number of likely N-dealkylation sites (tertiary alicyclic amines) is 1. The lowest BCUT2D eigenvalue weighted by Gasteiger charge is -2.32. The van der Waals surface area contributed by atoms with Gasteiger partial charge in [0.2, 0.25) is 5.91 Å². The number of piperidine rings is 1. The molecule has 1 unspecified atom stereocenters. The highest BCUT2D eigenvalue weighted by molar-refractivity contribution is 7.91. The molecule has 0 aromatic carbocycles. The summed E-state index contributed by atoms with van der Waals surface area (Å²) in [4.78, 5) is 14.2. The molecule has 1 amide bonds. The Labute approximate surface area is 145 Å². The predicted molar refractivity (Wildman–Crippen MR) is 92.6 cm³/mol. The third-order valence-corrected chi connectivity index (χ3v) is 7.34. The Morgan fingerprint density at radius 1 is 1.04 bits per heavy atom. The number of amides is 1. The average Bonchev–Trinajstić information content (AvgIpc) is 3.16. The zero-order valence-electron chi connectivity index (χ0n) is 14.4. The number of ether oxygens (including phenoxy) is 1. The normalized spacial score (nSPS) is 29.1. The van der Waals surface area contributed by atoms with Crippen molar-refractivity contribution in [2.24, 2.45) is 5.92 Å². The molecule has 2 heterocycles. The van der Waals surface area contributed by atoms with Crippen LogP contribution < -0.4 is 5.32 Å². The fourth-order valence-corrected chi connectivity index (χ4v) is 5.91. The maximum Gasteiger partial charge on any atom is 0.234 e. The molecule has 0 bridgehead atoms. The molecular weight excluding hydrogens is 328 g/mol. The number of nitrogens with zero attached hydrogens (tertiary/aromatic N) is 1. The molecule has 0 aromatic rings. The third kappa shape index (κ3) is 5.43. The second-order valence-corrected chi connectivity index (χ2v) is 9.82.